The summed E-state index contributed by atoms with van der Waals surface area (Å²) in [5.41, 5.74) is 7.70. The Balaban J connectivity index is 2.55. The van der Waals surface area contributed by atoms with Gasteiger partial charge in [0.15, 0.2) is 0 Å². The number of carbonyl (C=O) groups excluding carboxylic acids is 1. The molecule has 0 aromatic heterocycles. The summed E-state index contributed by atoms with van der Waals surface area (Å²) < 4.78 is 0. The molecule has 0 aliphatic carbocycles. The number of nitrogens with one attached hydrogen (secondary N) is 1. The number of nitrogens with two attached hydrogens (primary N) is 1. The van der Waals surface area contributed by atoms with Crippen LogP contribution < -0.4 is 11.1 Å². The molecule has 0 radical (unpaired) electrons. The molecule has 0 saturated heterocycles. The Kier molecular flexibility index (Phi) is 3.93. The molecule has 0 atom stereocenters. The first-order valence-corrected chi connectivity index (χ1v) is 5.52. The third-order valence-corrected chi connectivity index (χ3v) is 2.53. The van der Waals surface area contributed by atoms with Gasteiger partial charge in [-0.15, -0.1) is 0 Å². The molecule has 88 valence electrons. The topological polar surface area (TPSA) is 55.1 Å². The van der Waals surface area contributed by atoms with Gasteiger partial charge in [-0.2, -0.15) is 0 Å². The minimum absolute atomic E-state index is 0.185. The number of hydrogen-bond acceptors (Lipinski definition) is 1. The fourth-order valence-electron chi connectivity index (χ4n) is 1.50. The first-order valence-electron chi connectivity index (χ1n) is 5.52. The van der Waals surface area contributed by atoms with Crippen LogP contribution in [0.25, 0.3) is 0 Å². The monoisotopic (exact) mass is 220 g/mol. The highest BCUT2D eigenvalue weighted by Crippen LogP contribution is 2.22. The van der Waals surface area contributed by atoms with E-state index >= 15 is 0 Å². The van der Waals surface area contributed by atoms with E-state index in [0.29, 0.717) is 6.54 Å². The van der Waals surface area contributed by atoms with Crippen molar-refractivity contribution >= 4 is 6.03 Å². The van der Waals surface area contributed by atoms with Gasteiger partial charge in [-0.05, 0) is 23.0 Å². The molecule has 1 aromatic carbocycles. The Morgan fingerprint density at radius 2 is 1.81 bits per heavy atom. The average Bonchev–Trinajstić information content (AvgIpc) is 2.16. The number of carbonyl (C=O) groups is 1. The zero-order chi connectivity index (χ0) is 12.2. The van der Waals surface area contributed by atoms with Crippen LogP contribution in [0, 0.1) is 0 Å². The van der Waals surface area contributed by atoms with Crippen LogP contribution >= 0.6 is 0 Å². The van der Waals surface area contributed by atoms with E-state index in [1.54, 1.807) is 0 Å². The molecule has 1 aromatic rings. The molecule has 0 bridgehead atoms. The quantitative estimate of drug-likeness (QED) is 0.806. The van der Waals surface area contributed by atoms with Crippen molar-refractivity contribution in [3.05, 3.63) is 35.4 Å². The number of amides is 2. The number of primary amides is 1. The van der Waals surface area contributed by atoms with Crippen molar-refractivity contribution in [2.75, 3.05) is 6.54 Å². The van der Waals surface area contributed by atoms with Gasteiger partial charge in [-0.1, -0.05) is 45.0 Å². The first-order chi connectivity index (χ1) is 7.39. The van der Waals surface area contributed by atoms with Crippen molar-refractivity contribution < 1.29 is 4.79 Å². The van der Waals surface area contributed by atoms with E-state index in [2.05, 4.69) is 50.4 Å². The molecule has 0 aliphatic rings. The summed E-state index contributed by atoms with van der Waals surface area (Å²) in [6.45, 7) is 7.16. The molecular formula is C13H20N2O. The van der Waals surface area contributed by atoms with Crippen LogP contribution in [-0.2, 0) is 11.8 Å². The van der Waals surface area contributed by atoms with Crippen molar-refractivity contribution in [1.82, 2.24) is 5.32 Å². The Morgan fingerprint density at radius 1 is 1.25 bits per heavy atom. The second-order valence-corrected chi connectivity index (χ2v) is 4.99. The van der Waals surface area contributed by atoms with Crippen molar-refractivity contribution in [2.24, 2.45) is 5.73 Å². The van der Waals surface area contributed by atoms with Gasteiger partial charge in [-0.25, -0.2) is 4.79 Å². The highest BCUT2D eigenvalue weighted by atomic mass is 16.2. The molecular weight excluding hydrogens is 200 g/mol. The van der Waals surface area contributed by atoms with Gasteiger partial charge in [0.05, 0.1) is 0 Å². The molecule has 0 spiro atoms. The zero-order valence-corrected chi connectivity index (χ0v) is 10.2. The molecule has 3 nitrogen and oxygen atoms in total. The van der Waals surface area contributed by atoms with E-state index in [4.69, 9.17) is 5.73 Å². The summed E-state index contributed by atoms with van der Waals surface area (Å²) in [5.74, 6) is 0. The molecule has 3 heteroatoms. The maximum atomic E-state index is 10.5. The lowest BCUT2D eigenvalue weighted by Gasteiger charge is -2.19. The van der Waals surface area contributed by atoms with Crippen LogP contribution in [0.4, 0.5) is 4.79 Å². The highest BCUT2D eigenvalue weighted by molar-refractivity contribution is 5.71. The van der Waals surface area contributed by atoms with E-state index in [0.717, 1.165) is 6.42 Å². The third-order valence-electron chi connectivity index (χ3n) is 2.53. The van der Waals surface area contributed by atoms with Gasteiger partial charge in [0.25, 0.3) is 0 Å². The smallest absolute Gasteiger partial charge is 0.312 e. The van der Waals surface area contributed by atoms with Crippen LogP contribution in [0.2, 0.25) is 0 Å². The Labute approximate surface area is 97.0 Å². The molecule has 0 unspecified atom stereocenters. The largest absolute Gasteiger partial charge is 0.352 e. The minimum atomic E-state index is -0.466. The first kappa shape index (κ1) is 12.6. The lowest BCUT2D eigenvalue weighted by atomic mass is 9.86. The normalized spacial score (nSPS) is 11.2. The van der Waals surface area contributed by atoms with Crippen LogP contribution in [0.15, 0.2) is 24.3 Å². The fourth-order valence-corrected chi connectivity index (χ4v) is 1.50. The number of rotatable bonds is 3. The summed E-state index contributed by atoms with van der Waals surface area (Å²) in [7, 11) is 0. The maximum Gasteiger partial charge on any atom is 0.312 e. The molecule has 0 fully saturated rings. The molecule has 1 rings (SSSR count). The van der Waals surface area contributed by atoms with Crippen LogP contribution in [-0.4, -0.2) is 12.6 Å². The highest BCUT2D eigenvalue weighted by Gasteiger charge is 2.12. The van der Waals surface area contributed by atoms with Gasteiger partial charge in [0.2, 0.25) is 0 Å². The predicted molar refractivity (Wildman–Crippen MR) is 66.4 cm³/mol. The zero-order valence-electron chi connectivity index (χ0n) is 10.2. The van der Waals surface area contributed by atoms with Gasteiger partial charge < -0.3 is 11.1 Å². The van der Waals surface area contributed by atoms with Crippen LogP contribution in [0.5, 0.6) is 0 Å². The van der Waals surface area contributed by atoms with Gasteiger partial charge >= 0.3 is 6.03 Å². The van der Waals surface area contributed by atoms with E-state index in [1.165, 1.54) is 11.1 Å². The van der Waals surface area contributed by atoms with Crippen molar-refractivity contribution in [1.29, 1.82) is 0 Å². The van der Waals surface area contributed by atoms with Crippen LogP contribution in [0.1, 0.15) is 31.9 Å². The van der Waals surface area contributed by atoms with Crippen molar-refractivity contribution in [3.8, 4) is 0 Å². The summed E-state index contributed by atoms with van der Waals surface area (Å²) in [6, 6.07) is 8.01. The van der Waals surface area contributed by atoms with Gasteiger partial charge in [-0.3, -0.25) is 0 Å². The number of hydrogen-bond donors (Lipinski definition) is 2. The second kappa shape index (κ2) is 5.01. The third kappa shape index (κ3) is 3.93. The van der Waals surface area contributed by atoms with Crippen molar-refractivity contribution in [2.45, 2.75) is 32.6 Å². The Morgan fingerprint density at radius 3 is 2.25 bits per heavy atom. The predicted octanol–water partition coefficient (Wildman–Crippen LogP) is 2.19. The summed E-state index contributed by atoms with van der Waals surface area (Å²) in [5, 5.41) is 2.58. The lowest BCUT2D eigenvalue weighted by molar-refractivity contribution is 0.249. The summed E-state index contributed by atoms with van der Waals surface area (Å²) in [6.07, 6.45) is 0.813. The van der Waals surface area contributed by atoms with Gasteiger partial charge in [0.1, 0.15) is 0 Å². The van der Waals surface area contributed by atoms with E-state index in [1.807, 2.05) is 0 Å². The minimum Gasteiger partial charge on any atom is -0.352 e. The lowest BCUT2D eigenvalue weighted by Crippen LogP contribution is -2.30. The maximum absolute atomic E-state index is 10.5. The van der Waals surface area contributed by atoms with Crippen molar-refractivity contribution in [3.63, 3.8) is 0 Å². The molecule has 0 heterocycles. The summed E-state index contributed by atoms with van der Waals surface area (Å²) in [4.78, 5) is 10.5. The summed E-state index contributed by atoms with van der Waals surface area (Å²) >= 11 is 0. The van der Waals surface area contributed by atoms with Crippen LogP contribution in [0.3, 0.4) is 0 Å². The molecule has 0 aliphatic heterocycles. The second-order valence-electron chi connectivity index (χ2n) is 4.99. The Bertz CT molecular complexity index is 349. The fraction of sp³-hybridized carbons (Fsp3) is 0.462. The van der Waals surface area contributed by atoms with E-state index in [-0.39, 0.29) is 5.41 Å². The number of urea groups is 1. The SMILES string of the molecule is CC(C)(C)c1ccc(CCNC(N)=O)cc1. The van der Waals surface area contributed by atoms with E-state index < -0.39 is 6.03 Å². The average molecular weight is 220 g/mol. The molecule has 16 heavy (non-hydrogen) atoms. The standard InChI is InChI=1S/C13H20N2O/c1-13(2,3)11-6-4-10(5-7-11)8-9-15-12(14)16/h4-7H,8-9H2,1-3H3,(H3,14,15,16). The van der Waals surface area contributed by atoms with Gasteiger partial charge in [0, 0.05) is 6.54 Å². The molecule has 0 saturated carbocycles. The molecule has 3 N–H and O–H groups in total. The number of benzene rings is 1. The molecule has 2 amide bonds. The Hall–Kier alpha value is -1.51. The van der Waals surface area contributed by atoms with E-state index in [9.17, 15) is 4.79 Å².